The van der Waals surface area contributed by atoms with Crippen molar-refractivity contribution in [2.45, 2.75) is 11.8 Å². The SMILES string of the molecule is Cc1cc(NS(=O)(=O)c2c(F)cc(N)cc2F)on1. The van der Waals surface area contributed by atoms with Crippen molar-refractivity contribution >= 4 is 21.6 Å². The van der Waals surface area contributed by atoms with E-state index in [0.29, 0.717) is 17.8 Å². The molecule has 0 spiro atoms. The predicted octanol–water partition coefficient (Wildman–Crippen LogP) is 1.64. The van der Waals surface area contributed by atoms with Gasteiger partial charge < -0.3 is 10.3 Å². The van der Waals surface area contributed by atoms with Gasteiger partial charge in [-0.1, -0.05) is 5.16 Å². The van der Waals surface area contributed by atoms with Gasteiger partial charge in [0.1, 0.15) is 11.6 Å². The molecule has 2 rings (SSSR count). The fourth-order valence-electron chi connectivity index (χ4n) is 1.43. The van der Waals surface area contributed by atoms with E-state index in [9.17, 15) is 17.2 Å². The number of aromatic nitrogens is 1. The van der Waals surface area contributed by atoms with Crippen molar-refractivity contribution < 1.29 is 21.7 Å². The number of benzene rings is 1. The summed E-state index contributed by atoms with van der Waals surface area (Å²) in [4.78, 5) is -1.13. The third kappa shape index (κ3) is 2.65. The summed E-state index contributed by atoms with van der Waals surface area (Å²) >= 11 is 0. The van der Waals surface area contributed by atoms with Crippen LogP contribution >= 0.6 is 0 Å². The molecule has 6 nitrogen and oxygen atoms in total. The highest BCUT2D eigenvalue weighted by Crippen LogP contribution is 2.24. The Labute approximate surface area is 107 Å². The molecule has 0 bridgehead atoms. The second kappa shape index (κ2) is 4.50. The number of rotatable bonds is 3. The van der Waals surface area contributed by atoms with Crippen molar-refractivity contribution in [2.75, 3.05) is 10.5 Å². The normalized spacial score (nSPS) is 11.5. The molecule has 1 aromatic heterocycles. The van der Waals surface area contributed by atoms with Crippen LogP contribution in [0.2, 0.25) is 0 Å². The molecule has 0 fully saturated rings. The number of halogens is 2. The predicted molar refractivity (Wildman–Crippen MR) is 62.8 cm³/mol. The quantitative estimate of drug-likeness (QED) is 0.837. The van der Waals surface area contributed by atoms with E-state index >= 15 is 0 Å². The zero-order valence-electron chi connectivity index (χ0n) is 9.65. The van der Waals surface area contributed by atoms with Gasteiger partial charge in [0.2, 0.25) is 5.88 Å². The maximum absolute atomic E-state index is 13.5. The number of nitrogens with one attached hydrogen (secondary N) is 1. The van der Waals surface area contributed by atoms with E-state index in [1.54, 1.807) is 6.92 Å². The van der Waals surface area contributed by atoms with Crippen LogP contribution in [0.15, 0.2) is 27.6 Å². The van der Waals surface area contributed by atoms with Crippen molar-refractivity contribution in [3.63, 3.8) is 0 Å². The number of nitrogen functional groups attached to an aromatic ring is 1. The fraction of sp³-hybridized carbons (Fsp3) is 0.100. The molecule has 0 aliphatic heterocycles. The molecule has 1 aromatic carbocycles. The molecule has 0 aliphatic rings. The summed E-state index contributed by atoms with van der Waals surface area (Å²) in [5.74, 6) is -2.82. The summed E-state index contributed by atoms with van der Waals surface area (Å²) in [6.45, 7) is 1.56. The number of sulfonamides is 1. The lowest BCUT2D eigenvalue weighted by molar-refractivity contribution is 0.430. The molecule has 2 aromatic rings. The van der Waals surface area contributed by atoms with E-state index in [1.807, 2.05) is 4.72 Å². The minimum Gasteiger partial charge on any atom is -0.399 e. The largest absolute Gasteiger partial charge is 0.399 e. The Kier molecular flexibility index (Phi) is 3.14. The Balaban J connectivity index is 2.45. The highest BCUT2D eigenvalue weighted by Gasteiger charge is 2.26. The van der Waals surface area contributed by atoms with Gasteiger partial charge in [0.25, 0.3) is 10.0 Å². The molecular formula is C10H9F2N3O3S. The van der Waals surface area contributed by atoms with Crippen molar-refractivity contribution in [1.29, 1.82) is 0 Å². The summed E-state index contributed by atoms with van der Waals surface area (Å²) in [7, 11) is -4.47. The van der Waals surface area contributed by atoms with Crippen LogP contribution in [0.5, 0.6) is 0 Å². The number of aryl methyl sites for hydroxylation is 1. The van der Waals surface area contributed by atoms with Gasteiger partial charge in [0.15, 0.2) is 4.90 Å². The van der Waals surface area contributed by atoms with Gasteiger partial charge in [-0.3, -0.25) is 0 Å². The van der Waals surface area contributed by atoms with Gasteiger partial charge in [0.05, 0.1) is 5.69 Å². The number of anilines is 2. The van der Waals surface area contributed by atoms with E-state index in [4.69, 9.17) is 5.73 Å². The average molecular weight is 289 g/mol. The number of hydrogen-bond donors (Lipinski definition) is 2. The smallest absolute Gasteiger partial charge is 0.270 e. The van der Waals surface area contributed by atoms with Crippen LogP contribution < -0.4 is 10.5 Å². The van der Waals surface area contributed by atoms with Crippen LogP contribution in [-0.2, 0) is 10.0 Å². The molecule has 0 amide bonds. The highest BCUT2D eigenvalue weighted by molar-refractivity contribution is 7.92. The number of hydrogen-bond acceptors (Lipinski definition) is 5. The van der Waals surface area contributed by atoms with Crippen molar-refractivity contribution in [3.05, 3.63) is 35.5 Å². The molecule has 0 atom stereocenters. The van der Waals surface area contributed by atoms with E-state index in [2.05, 4.69) is 9.68 Å². The number of nitrogens with two attached hydrogens (primary N) is 1. The standard InChI is InChI=1S/C10H9F2N3O3S/c1-5-2-9(18-14-5)15-19(16,17)10-7(11)3-6(13)4-8(10)12/h2-4,15H,13H2,1H3. The van der Waals surface area contributed by atoms with Gasteiger partial charge >= 0.3 is 0 Å². The summed E-state index contributed by atoms with van der Waals surface area (Å²) in [5.41, 5.74) is 5.40. The van der Waals surface area contributed by atoms with Crippen LogP contribution in [0.1, 0.15) is 5.69 Å². The Morgan fingerprint density at radius 3 is 2.32 bits per heavy atom. The Bertz CT molecular complexity index is 704. The molecule has 0 radical (unpaired) electrons. The molecule has 0 aliphatic carbocycles. The molecule has 0 saturated heterocycles. The van der Waals surface area contributed by atoms with Crippen molar-refractivity contribution in [1.82, 2.24) is 5.16 Å². The van der Waals surface area contributed by atoms with Crippen LogP contribution in [0.3, 0.4) is 0 Å². The monoisotopic (exact) mass is 289 g/mol. The van der Waals surface area contributed by atoms with Gasteiger partial charge in [-0.05, 0) is 19.1 Å². The first-order valence-electron chi connectivity index (χ1n) is 5.00. The Hall–Kier alpha value is -2.16. The summed E-state index contributed by atoms with van der Waals surface area (Å²) in [6, 6.07) is 2.69. The van der Waals surface area contributed by atoms with Crippen LogP contribution in [-0.4, -0.2) is 13.6 Å². The topological polar surface area (TPSA) is 98.2 Å². The lowest BCUT2D eigenvalue weighted by Crippen LogP contribution is -2.16. The van der Waals surface area contributed by atoms with Gasteiger partial charge in [-0.2, -0.15) is 0 Å². The molecule has 0 unspecified atom stereocenters. The highest BCUT2D eigenvalue weighted by atomic mass is 32.2. The van der Waals surface area contributed by atoms with Crippen LogP contribution in [0, 0.1) is 18.6 Å². The Morgan fingerprint density at radius 2 is 1.84 bits per heavy atom. The van der Waals surface area contributed by atoms with E-state index in [-0.39, 0.29) is 11.6 Å². The third-order valence-corrected chi connectivity index (χ3v) is 3.55. The summed E-state index contributed by atoms with van der Waals surface area (Å²) in [5, 5.41) is 3.44. The van der Waals surface area contributed by atoms with E-state index in [1.165, 1.54) is 6.07 Å². The molecule has 19 heavy (non-hydrogen) atoms. The fourth-order valence-corrected chi connectivity index (χ4v) is 2.53. The summed E-state index contributed by atoms with van der Waals surface area (Å²) < 4.78 is 57.2. The molecular weight excluding hydrogens is 280 g/mol. The van der Waals surface area contributed by atoms with Crippen LogP contribution in [0.25, 0.3) is 0 Å². The van der Waals surface area contributed by atoms with E-state index < -0.39 is 26.6 Å². The van der Waals surface area contributed by atoms with Crippen molar-refractivity contribution in [2.24, 2.45) is 0 Å². The number of nitrogens with zero attached hydrogens (tertiary/aromatic N) is 1. The second-order valence-corrected chi connectivity index (χ2v) is 5.37. The minimum absolute atomic E-state index is 0.218. The second-order valence-electron chi connectivity index (χ2n) is 3.75. The molecule has 0 saturated carbocycles. The Morgan fingerprint density at radius 1 is 1.26 bits per heavy atom. The molecule has 1 heterocycles. The maximum Gasteiger partial charge on any atom is 0.270 e. The lowest BCUT2D eigenvalue weighted by atomic mass is 10.3. The first-order chi connectivity index (χ1) is 8.79. The lowest BCUT2D eigenvalue weighted by Gasteiger charge is -2.07. The van der Waals surface area contributed by atoms with Crippen molar-refractivity contribution in [3.8, 4) is 0 Å². The third-order valence-electron chi connectivity index (χ3n) is 2.15. The molecule has 9 heteroatoms. The summed E-state index contributed by atoms with van der Waals surface area (Å²) in [6.07, 6.45) is 0. The first-order valence-corrected chi connectivity index (χ1v) is 6.48. The minimum atomic E-state index is -4.47. The molecule has 102 valence electrons. The average Bonchev–Trinajstić information content (AvgIpc) is 2.60. The van der Waals surface area contributed by atoms with Gasteiger partial charge in [0, 0.05) is 11.8 Å². The van der Waals surface area contributed by atoms with E-state index in [0.717, 1.165) is 0 Å². The van der Waals surface area contributed by atoms with Gasteiger partial charge in [-0.15, -0.1) is 0 Å². The van der Waals surface area contributed by atoms with Crippen LogP contribution in [0.4, 0.5) is 20.4 Å². The van der Waals surface area contributed by atoms with Gasteiger partial charge in [-0.25, -0.2) is 21.9 Å². The molecule has 3 N–H and O–H groups in total. The zero-order chi connectivity index (χ0) is 14.2. The first kappa shape index (κ1) is 13.3. The maximum atomic E-state index is 13.5. The zero-order valence-corrected chi connectivity index (χ0v) is 10.5.